The third kappa shape index (κ3) is 4.41. The number of piperidine rings is 1. The molecule has 0 aliphatic carbocycles. The number of aliphatic hydroxyl groups excluding tert-OH is 1. The average molecular weight is 315 g/mol. The van der Waals surface area contributed by atoms with Crippen molar-refractivity contribution < 1.29 is 9.63 Å². The molecule has 0 radical (unpaired) electrons. The van der Waals surface area contributed by atoms with Gasteiger partial charge in [0.15, 0.2) is 5.76 Å². The maximum absolute atomic E-state index is 9.42. The fourth-order valence-electron chi connectivity index (χ4n) is 3.14. The van der Waals surface area contributed by atoms with Crippen molar-refractivity contribution in [2.75, 3.05) is 26.2 Å². The van der Waals surface area contributed by atoms with E-state index in [9.17, 15) is 5.11 Å². The molecule has 0 bridgehead atoms. The van der Waals surface area contributed by atoms with Crippen molar-refractivity contribution in [1.29, 1.82) is 0 Å². The second-order valence-corrected chi connectivity index (χ2v) is 6.09. The molecule has 1 aliphatic heterocycles. The highest BCUT2D eigenvalue weighted by Crippen LogP contribution is 2.18. The van der Waals surface area contributed by atoms with E-state index in [-0.39, 0.29) is 6.61 Å². The highest BCUT2D eigenvalue weighted by Gasteiger charge is 2.20. The van der Waals surface area contributed by atoms with E-state index < -0.39 is 0 Å². The van der Waals surface area contributed by atoms with Gasteiger partial charge in [-0.15, -0.1) is 0 Å². The normalized spacial score (nSPS) is 19.1. The van der Waals surface area contributed by atoms with Gasteiger partial charge in [-0.1, -0.05) is 41.9 Å². The lowest BCUT2D eigenvalue weighted by atomic mass is 10.0. The van der Waals surface area contributed by atoms with Crippen LogP contribution in [0, 0.1) is 0 Å². The van der Waals surface area contributed by atoms with Gasteiger partial charge in [0.05, 0.1) is 13.2 Å². The van der Waals surface area contributed by atoms with E-state index in [4.69, 9.17) is 4.52 Å². The molecule has 2 aromatic rings. The minimum Gasteiger partial charge on any atom is -0.395 e. The Balaban J connectivity index is 1.43. The molecular weight excluding hydrogens is 290 g/mol. The number of benzene rings is 1. The lowest BCUT2D eigenvalue weighted by Gasteiger charge is -2.34. The van der Waals surface area contributed by atoms with E-state index in [1.54, 1.807) is 0 Å². The van der Waals surface area contributed by atoms with Crippen LogP contribution in [0.15, 0.2) is 40.9 Å². The SMILES string of the molecule is OCC1CCCCN1CCNCc1cc(-c2ccccc2)no1. The van der Waals surface area contributed by atoms with Crippen LogP contribution in [0.5, 0.6) is 0 Å². The van der Waals surface area contributed by atoms with Gasteiger partial charge in [0, 0.05) is 30.8 Å². The van der Waals surface area contributed by atoms with Gasteiger partial charge < -0.3 is 14.9 Å². The number of aromatic nitrogens is 1. The quantitative estimate of drug-likeness (QED) is 0.768. The van der Waals surface area contributed by atoms with E-state index in [1.807, 2.05) is 36.4 Å². The highest BCUT2D eigenvalue weighted by molar-refractivity contribution is 5.58. The van der Waals surface area contributed by atoms with Crippen LogP contribution in [0.3, 0.4) is 0 Å². The highest BCUT2D eigenvalue weighted by atomic mass is 16.5. The summed E-state index contributed by atoms with van der Waals surface area (Å²) in [4.78, 5) is 2.38. The molecule has 1 aromatic carbocycles. The molecule has 0 saturated carbocycles. The van der Waals surface area contributed by atoms with Crippen LogP contribution >= 0.6 is 0 Å². The topological polar surface area (TPSA) is 61.5 Å². The summed E-state index contributed by atoms with van der Waals surface area (Å²) in [5, 5.41) is 16.9. The lowest BCUT2D eigenvalue weighted by Crippen LogP contribution is -2.44. The molecule has 23 heavy (non-hydrogen) atoms. The van der Waals surface area contributed by atoms with Crippen LogP contribution < -0.4 is 5.32 Å². The van der Waals surface area contributed by atoms with E-state index in [0.29, 0.717) is 12.6 Å². The summed E-state index contributed by atoms with van der Waals surface area (Å²) in [6, 6.07) is 12.4. The first-order valence-electron chi connectivity index (χ1n) is 8.43. The molecule has 1 aliphatic rings. The molecule has 0 spiro atoms. The predicted molar refractivity (Wildman–Crippen MR) is 89.9 cm³/mol. The molecule has 3 rings (SSSR count). The Morgan fingerprint density at radius 1 is 1.26 bits per heavy atom. The molecule has 0 amide bonds. The fourth-order valence-corrected chi connectivity index (χ4v) is 3.14. The van der Waals surface area contributed by atoms with Crippen LogP contribution in [-0.4, -0.2) is 47.4 Å². The van der Waals surface area contributed by atoms with E-state index in [1.165, 1.54) is 12.8 Å². The maximum Gasteiger partial charge on any atom is 0.151 e. The summed E-state index contributed by atoms with van der Waals surface area (Å²) in [7, 11) is 0. The van der Waals surface area contributed by atoms with Gasteiger partial charge in [0.1, 0.15) is 5.69 Å². The Labute approximate surface area is 137 Å². The molecule has 5 nitrogen and oxygen atoms in total. The first-order valence-corrected chi connectivity index (χ1v) is 8.43. The summed E-state index contributed by atoms with van der Waals surface area (Å²) in [5.41, 5.74) is 1.94. The number of nitrogens with one attached hydrogen (secondary N) is 1. The number of hydrogen-bond donors (Lipinski definition) is 2. The number of likely N-dealkylation sites (tertiary alicyclic amines) is 1. The van der Waals surface area contributed by atoms with Gasteiger partial charge >= 0.3 is 0 Å². The molecule has 2 heterocycles. The van der Waals surface area contributed by atoms with E-state index in [2.05, 4.69) is 15.4 Å². The number of nitrogens with zero attached hydrogens (tertiary/aromatic N) is 2. The van der Waals surface area contributed by atoms with Crippen molar-refractivity contribution in [3.63, 3.8) is 0 Å². The molecule has 124 valence electrons. The Hall–Kier alpha value is -1.69. The minimum atomic E-state index is 0.266. The second-order valence-electron chi connectivity index (χ2n) is 6.09. The Bertz CT molecular complexity index is 585. The zero-order valence-electron chi connectivity index (χ0n) is 13.4. The van der Waals surface area contributed by atoms with Crippen LogP contribution in [-0.2, 0) is 6.54 Å². The molecule has 1 atom stereocenters. The fraction of sp³-hybridized carbons (Fsp3) is 0.500. The summed E-state index contributed by atoms with van der Waals surface area (Å²) >= 11 is 0. The third-order valence-corrected chi connectivity index (χ3v) is 4.46. The van der Waals surface area contributed by atoms with Crippen LogP contribution in [0.4, 0.5) is 0 Å². The van der Waals surface area contributed by atoms with Crippen molar-refractivity contribution in [2.24, 2.45) is 0 Å². The first-order chi connectivity index (χ1) is 11.4. The summed E-state index contributed by atoms with van der Waals surface area (Å²) in [5.74, 6) is 0.848. The van der Waals surface area contributed by atoms with Gasteiger partial charge in [0.2, 0.25) is 0 Å². The summed E-state index contributed by atoms with van der Waals surface area (Å²) < 4.78 is 5.39. The first kappa shape index (κ1) is 16.2. The van der Waals surface area contributed by atoms with Crippen LogP contribution in [0.1, 0.15) is 25.0 Å². The molecule has 1 saturated heterocycles. The van der Waals surface area contributed by atoms with Gasteiger partial charge in [-0.25, -0.2) is 0 Å². The van der Waals surface area contributed by atoms with E-state index >= 15 is 0 Å². The molecule has 2 N–H and O–H groups in total. The zero-order chi connectivity index (χ0) is 15.9. The zero-order valence-corrected chi connectivity index (χ0v) is 13.4. The molecular formula is C18H25N3O2. The minimum absolute atomic E-state index is 0.266. The molecule has 5 heteroatoms. The Morgan fingerprint density at radius 2 is 2.13 bits per heavy atom. The Kier molecular flexibility index (Phi) is 5.80. The van der Waals surface area contributed by atoms with Gasteiger partial charge in [-0.05, 0) is 19.4 Å². The summed E-state index contributed by atoms with van der Waals surface area (Å²) in [6.07, 6.45) is 3.58. The largest absolute Gasteiger partial charge is 0.395 e. The summed E-state index contributed by atoms with van der Waals surface area (Å²) in [6.45, 7) is 3.89. The second kappa shape index (κ2) is 8.24. The number of rotatable bonds is 7. The van der Waals surface area contributed by atoms with E-state index in [0.717, 1.165) is 43.1 Å². The smallest absolute Gasteiger partial charge is 0.151 e. The molecule has 1 fully saturated rings. The lowest BCUT2D eigenvalue weighted by molar-refractivity contribution is 0.0908. The van der Waals surface area contributed by atoms with Crippen molar-refractivity contribution in [2.45, 2.75) is 31.8 Å². The number of aliphatic hydroxyl groups is 1. The maximum atomic E-state index is 9.42. The monoisotopic (exact) mass is 315 g/mol. The van der Waals surface area contributed by atoms with Crippen molar-refractivity contribution in [1.82, 2.24) is 15.4 Å². The number of hydrogen-bond acceptors (Lipinski definition) is 5. The van der Waals surface area contributed by atoms with Crippen LogP contribution in [0.25, 0.3) is 11.3 Å². The molecule has 1 aromatic heterocycles. The Morgan fingerprint density at radius 3 is 2.96 bits per heavy atom. The van der Waals surface area contributed by atoms with Crippen molar-refractivity contribution >= 4 is 0 Å². The van der Waals surface area contributed by atoms with Gasteiger partial charge in [0.25, 0.3) is 0 Å². The predicted octanol–water partition coefficient (Wildman–Crippen LogP) is 2.28. The van der Waals surface area contributed by atoms with Gasteiger partial charge in [-0.2, -0.15) is 0 Å². The third-order valence-electron chi connectivity index (χ3n) is 4.46. The average Bonchev–Trinajstić information content (AvgIpc) is 3.09. The standard InChI is InChI=1S/C18H25N3O2/c22-14-16-8-4-5-10-21(16)11-9-19-13-17-12-18(20-23-17)15-6-2-1-3-7-15/h1-3,6-7,12,16,19,22H,4-5,8-11,13-14H2. The van der Waals surface area contributed by atoms with Crippen LogP contribution in [0.2, 0.25) is 0 Å². The van der Waals surface area contributed by atoms with Crippen molar-refractivity contribution in [3.05, 3.63) is 42.2 Å². The van der Waals surface area contributed by atoms with Gasteiger partial charge in [-0.3, -0.25) is 4.90 Å². The molecule has 1 unspecified atom stereocenters. The van der Waals surface area contributed by atoms with Crippen molar-refractivity contribution in [3.8, 4) is 11.3 Å².